The lowest BCUT2D eigenvalue weighted by molar-refractivity contribution is -0.138. The number of halogens is 3. The molecular formula is C15H20F3NO. The molecular weight excluding hydrogens is 267 g/mol. The van der Waals surface area contributed by atoms with E-state index in [4.69, 9.17) is 0 Å². The Hall–Kier alpha value is -1.52. The quantitative estimate of drug-likeness (QED) is 0.798. The normalized spacial score (nSPS) is 11.8. The third-order valence-electron chi connectivity index (χ3n) is 3.41. The molecule has 0 heterocycles. The maximum atomic E-state index is 12.4. The standard InChI is InChI=1S/C15H20F3NO/c1-4-12(5-2)14(20)19(3)10-11-6-8-13(9-7-11)15(16,17)18/h6-9,12H,4-5,10H2,1-3H3. The van der Waals surface area contributed by atoms with E-state index in [0.29, 0.717) is 12.1 Å². The summed E-state index contributed by atoms with van der Waals surface area (Å²) in [6, 6.07) is 4.93. The summed E-state index contributed by atoms with van der Waals surface area (Å²) in [6.45, 7) is 4.24. The molecule has 112 valence electrons. The highest BCUT2D eigenvalue weighted by Crippen LogP contribution is 2.29. The largest absolute Gasteiger partial charge is 0.416 e. The lowest BCUT2D eigenvalue weighted by atomic mass is 10.0. The number of benzene rings is 1. The molecule has 1 aromatic carbocycles. The Kier molecular flexibility index (Phi) is 5.60. The van der Waals surface area contributed by atoms with Crippen LogP contribution in [0.3, 0.4) is 0 Å². The minimum atomic E-state index is -4.32. The number of carbonyl (C=O) groups excluding carboxylic acids is 1. The van der Waals surface area contributed by atoms with Crippen molar-refractivity contribution in [3.63, 3.8) is 0 Å². The molecule has 0 atom stereocenters. The van der Waals surface area contributed by atoms with E-state index < -0.39 is 11.7 Å². The van der Waals surface area contributed by atoms with E-state index in [1.165, 1.54) is 12.1 Å². The molecule has 0 N–H and O–H groups in total. The lowest BCUT2D eigenvalue weighted by Gasteiger charge is -2.22. The van der Waals surface area contributed by atoms with Crippen LogP contribution in [0.15, 0.2) is 24.3 Å². The highest BCUT2D eigenvalue weighted by atomic mass is 19.4. The van der Waals surface area contributed by atoms with Crippen LogP contribution < -0.4 is 0 Å². The van der Waals surface area contributed by atoms with Crippen LogP contribution in [-0.2, 0) is 17.5 Å². The molecule has 2 nitrogen and oxygen atoms in total. The van der Waals surface area contributed by atoms with E-state index in [1.807, 2.05) is 13.8 Å². The van der Waals surface area contributed by atoms with Gasteiger partial charge < -0.3 is 4.90 Å². The van der Waals surface area contributed by atoms with Crippen molar-refractivity contribution in [3.8, 4) is 0 Å². The van der Waals surface area contributed by atoms with Gasteiger partial charge in [-0.15, -0.1) is 0 Å². The van der Waals surface area contributed by atoms with Gasteiger partial charge in [0.25, 0.3) is 0 Å². The average Bonchev–Trinajstić information content (AvgIpc) is 2.39. The number of hydrogen-bond acceptors (Lipinski definition) is 1. The summed E-state index contributed by atoms with van der Waals surface area (Å²) in [5.74, 6) is 0.0179. The van der Waals surface area contributed by atoms with Gasteiger partial charge in [0.1, 0.15) is 0 Å². The molecule has 0 aliphatic heterocycles. The second-order valence-electron chi connectivity index (χ2n) is 4.90. The van der Waals surface area contributed by atoms with Crippen LogP contribution in [0, 0.1) is 5.92 Å². The molecule has 5 heteroatoms. The van der Waals surface area contributed by atoms with Crippen molar-refractivity contribution in [2.24, 2.45) is 5.92 Å². The first-order chi connectivity index (χ1) is 9.29. The molecule has 0 unspecified atom stereocenters. The molecule has 0 fully saturated rings. The Bertz CT molecular complexity index is 435. The SMILES string of the molecule is CCC(CC)C(=O)N(C)Cc1ccc(C(F)(F)F)cc1. The Morgan fingerprint density at radius 2 is 1.65 bits per heavy atom. The smallest absolute Gasteiger partial charge is 0.341 e. The number of hydrogen-bond donors (Lipinski definition) is 0. The summed E-state index contributed by atoms with van der Waals surface area (Å²) in [7, 11) is 1.68. The monoisotopic (exact) mass is 287 g/mol. The average molecular weight is 287 g/mol. The number of alkyl halides is 3. The zero-order valence-corrected chi connectivity index (χ0v) is 12.0. The molecule has 0 radical (unpaired) electrons. The summed E-state index contributed by atoms with van der Waals surface area (Å²) in [4.78, 5) is 13.7. The fourth-order valence-electron chi connectivity index (χ4n) is 2.10. The van der Waals surface area contributed by atoms with Crippen LogP contribution in [-0.4, -0.2) is 17.9 Å². The van der Waals surface area contributed by atoms with Crippen LogP contribution in [0.25, 0.3) is 0 Å². The van der Waals surface area contributed by atoms with Crippen molar-refractivity contribution in [3.05, 3.63) is 35.4 Å². The minimum absolute atomic E-state index is 0.0190. The Morgan fingerprint density at radius 3 is 2.05 bits per heavy atom. The lowest BCUT2D eigenvalue weighted by Crippen LogP contribution is -2.32. The van der Waals surface area contributed by atoms with E-state index in [-0.39, 0.29) is 11.8 Å². The fraction of sp³-hybridized carbons (Fsp3) is 0.533. The van der Waals surface area contributed by atoms with Crippen molar-refractivity contribution >= 4 is 5.91 Å². The molecule has 0 aliphatic carbocycles. The first-order valence-corrected chi connectivity index (χ1v) is 6.70. The van der Waals surface area contributed by atoms with Crippen molar-refractivity contribution in [1.29, 1.82) is 0 Å². The predicted molar refractivity (Wildman–Crippen MR) is 72.0 cm³/mol. The van der Waals surface area contributed by atoms with Gasteiger partial charge in [-0.25, -0.2) is 0 Å². The molecule has 1 amide bonds. The van der Waals surface area contributed by atoms with E-state index >= 15 is 0 Å². The topological polar surface area (TPSA) is 20.3 Å². The number of carbonyl (C=O) groups is 1. The van der Waals surface area contributed by atoms with Crippen LogP contribution in [0.5, 0.6) is 0 Å². The van der Waals surface area contributed by atoms with Gasteiger partial charge in [0, 0.05) is 19.5 Å². The number of rotatable bonds is 5. The molecule has 0 aliphatic rings. The third-order valence-corrected chi connectivity index (χ3v) is 3.41. The van der Waals surface area contributed by atoms with E-state index in [9.17, 15) is 18.0 Å². The van der Waals surface area contributed by atoms with Crippen molar-refractivity contribution in [1.82, 2.24) is 4.90 Å². The van der Waals surface area contributed by atoms with Gasteiger partial charge in [-0.05, 0) is 30.5 Å². The van der Waals surface area contributed by atoms with Gasteiger partial charge >= 0.3 is 6.18 Å². The molecule has 0 aromatic heterocycles. The zero-order valence-electron chi connectivity index (χ0n) is 12.0. The van der Waals surface area contributed by atoms with Gasteiger partial charge in [0.2, 0.25) is 5.91 Å². The van der Waals surface area contributed by atoms with Gasteiger partial charge in [-0.1, -0.05) is 26.0 Å². The predicted octanol–water partition coefficient (Wildman–Crippen LogP) is 4.10. The molecule has 0 bridgehead atoms. The molecule has 0 saturated heterocycles. The first kappa shape index (κ1) is 16.5. The number of nitrogens with zero attached hydrogens (tertiary/aromatic N) is 1. The molecule has 1 rings (SSSR count). The summed E-state index contributed by atoms with van der Waals surface area (Å²) in [5.41, 5.74) is 0.0232. The molecule has 0 spiro atoms. The summed E-state index contributed by atoms with van der Waals surface area (Å²) in [5, 5.41) is 0. The second-order valence-corrected chi connectivity index (χ2v) is 4.90. The third kappa shape index (κ3) is 4.25. The van der Waals surface area contributed by atoms with Crippen molar-refractivity contribution in [2.75, 3.05) is 7.05 Å². The fourth-order valence-corrected chi connectivity index (χ4v) is 2.10. The zero-order chi connectivity index (χ0) is 15.3. The van der Waals surface area contributed by atoms with Gasteiger partial charge in [0.15, 0.2) is 0 Å². The van der Waals surface area contributed by atoms with Crippen LogP contribution in [0.1, 0.15) is 37.8 Å². The van der Waals surface area contributed by atoms with E-state index in [0.717, 1.165) is 25.0 Å². The summed E-state index contributed by atoms with van der Waals surface area (Å²) in [6.07, 6.45) is -2.78. The number of amides is 1. The van der Waals surface area contributed by atoms with Gasteiger partial charge in [0.05, 0.1) is 5.56 Å². The summed E-state index contributed by atoms with van der Waals surface area (Å²) < 4.78 is 37.3. The summed E-state index contributed by atoms with van der Waals surface area (Å²) >= 11 is 0. The first-order valence-electron chi connectivity index (χ1n) is 6.70. The van der Waals surface area contributed by atoms with Gasteiger partial charge in [-0.2, -0.15) is 13.2 Å². The highest BCUT2D eigenvalue weighted by molar-refractivity contribution is 5.78. The Morgan fingerprint density at radius 1 is 1.15 bits per heavy atom. The van der Waals surface area contributed by atoms with Crippen LogP contribution in [0.4, 0.5) is 13.2 Å². The van der Waals surface area contributed by atoms with E-state index in [1.54, 1.807) is 11.9 Å². The molecule has 1 aromatic rings. The maximum Gasteiger partial charge on any atom is 0.416 e. The Labute approximate surface area is 117 Å². The van der Waals surface area contributed by atoms with Crippen LogP contribution in [0.2, 0.25) is 0 Å². The van der Waals surface area contributed by atoms with Crippen LogP contribution >= 0.6 is 0 Å². The maximum absolute atomic E-state index is 12.4. The van der Waals surface area contributed by atoms with Crippen molar-refractivity contribution in [2.45, 2.75) is 39.4 Å². The molecule has 0 saturated carbocycles. The van der Waals surface area contributed by atoms with Crippen molar-refractivity contribution < 1.29 is 18.0 Å². The minimum Gasteiger partial charge on any atom is -0.341 e. The van der Waals surface area contributed by atoms with Gasteiger partial charge in [-0.3, -0.25) is 4.79 Å². The molecule has 20 heavy (non-hydrogen) atoms. The Balaban J connectivity index is 2.71. The second kappa shape index (κ2) is 6.77. The van der Waals surface area contributed by atoms with E-state index in [2.05, 4.69) is 0 Å². The highest BCUT2D eigenvalue weighted by Gasteiger charge is 2.30.